The number of piperidine rings is 1. The van der Waals surface area contributed by atoms with Crippen molar-refractivity contribution in [3.8, 4) is 0 Å². The number of likely N-dealkylation sites (tertiary alicyclic amines) is 2. The van der Waals surface area contributed by atoms with E-state index in [2.05, 4.69) is 27.9 Å². The van der Waals surface area contributed by atoms with Gasteiger partial charge in [-0.3, -0.25) is 14.4 Å². The molecule has 1 spiro atoms. The SMILES string of the molecule is CCn1ccc(CN2CCCC23CCCN(C2CCC(O)CC2)C3=O)n1. The molecule has 3 fully saturated rings. The van der Waals surface area contributed by atoms with Gasteiger partial charge in [0.1, 0.15) is 5.54 Å². The van der Waals surface area contributed by atoms with Crippen molar-refractivity contribution in [2.24, 2.45) is 0 Å². The summed E-state index contributed by atoms with van der Waals surface area (Å²) in [5.41, 5.74) is 0.753. The Morgan fingerprint density at radius 2 is 1.92 bits per heavy atom. The topological polar surface area (TPSA) is 61.6 Å². The second kappa shape index (κ2) is 7.31. The lowest BCUT2D eigenvalue weighted by atomic mass is 9.82. The quantitative estimate of drug-likeness (QED) is 0.894. The van der Waals surface area contributed by atoms with Crippen LogP contribution in [-0.2, 0) is 17.9 Å². The van der Waals surface area contributed by atoms with Gasteiger partial charge in [0.05, 0.1) is 11.8 Å². The van der Waals surface area contributed by atoms with Gasteiger partial charge in [0.2, 0.25) is 5.91 Å². The summed E-state index contributed by atoms with van der Waals surface area (Å²) in [6.07, 6.45) is 9.56. The molecule has 1 aliphatic carbocycles. The van der Waals surface area contributed by atoms with Gasteiger partial charge in [0.15, 0.2) is 0 Å². The van der Waals surface area contributed by atoms with Crippen molar-refractivity contribution in [1.82, 2.24) is 19.6 Å². The number of aryl methyl sites for hydroxylation is 1. The normalized spacial score (nSPS) is 33.3. The molecular formula is C20H32N4O2. The van der Waals surface area contributed by atoms with E-state index < -0.39 is 0 Å². The summed E-state index contributed by atoms with van der Waals surface area (Å²) in [5, 5.41) is 14.4. The maximum Gasteiger partial charge on any atom is 0.243 e. The number of aliphatic hydroxyl groups is 1. The minimum absolute atomic E-state index is 0.170. The molecule has 144 valence electrons. The number of hydrogen-bond donors (Lipinski definition) is 1. The predicted molar refractivity (Wildman–Crippen MR) is 99.5 cm³/mol. The molecular weight excluding hydrogens is 328 g/mol. The molecule has 1 aromatic rings. The number of aromatic nitrogens is 2. The molecule has 6 nitrogen and oxygen atoms in total. The lowest BCUT2D eigenvalue weighted by Crippen LogP contribution is -2.62. The Bertz CT molecular complexity index is 638. The molecule has 1 atom stereocenters. The summed E-state index contributed by atoms with van der Waals surface area (Å²) in [4.78, 5) is 18.2. The smallest absolute Gasteiger partial charge is 0.243 e. The molecule has 1 N–H and O–H groups in total. The molecule has 1 amide bonds. The second-order valence-electron chi connectivity index (χ2n) is 8.28. The first kappa shape index (κ1) is 18.0. The fourth-order valence-corrected chi connectivity index (χ4v) is 5.29. The van der Waals surface area contributed by atoms with E-state index >= 15 is 0 Å². The molecule has 1 aromatic heterocycles. The Labute approximate surface area is 156 Å². The molecule has 1 unspecified atom stereocenters. The Balaban J connectivity index is 1.50. The molecule has 6 heteroatoms. The van der Waals surface area contributed by atoms with Crippen LogP contribution < -0.4 is 0 Å². The van der Waals surface area contributed by atoms with Gasteiger partial charge in [0, 0.05) is 31.9 Å². The van der Waals surface area contributed by atoms with Crippen molar-refractivity contribution >= 4 is 5.91 Å². The van der Waals surface area contributed by atoms with E-state index in [0.717, 1.165) is 83.2 Å². The minimum Gasteiger partial charge on any atom is -0.393 e. The molecule has 0 aromatic carbocycles. The second-order valence-corrected chi connectivity index (χ2v) is 8.28. The third-order valence-electron chi connectivity index (χ3n) is 6.75. The van der Waals surface area contributed by atoms with Crippen molar-refractivity contribution in [3.05, 3.63) is 18.0 Å². The van der Waals surface area contributed by atoms with Crippen molar-refractivity contribution in [2.75, 3.05) is 13.1 Å². The molecule has 0 radical (unpaired) electrons. The van der Waals surface area contributed by atoms with Crippen molar-refractivity contribution < 1.29 is 9.90 Å². The molecule has 26 heavy (non-hydrogen) atoms. The van der Waals surface area contributed by atoms with E-state index in [0.29, 0.717) is 11.9 Å². The van der Waals surface area contributed by atoms with E-state index in [1.165, 1.54) is 0 Å². The Kier molecular flexibility index (Phi) is 5.06. The van der Waals surface area contributed by atoms with Crippen LogP contribution in [0.25, 0.3) is 0 Å². The number of carbonyl (C=O) groups is 1. The highest BCUT2D eigenvalue weighted by atomic mass is 16.3. The van der Waals surface area contributed by atoms with E-state index in [4.69, 9.17) is 0 Å². The van der Waals surface area contributed by atoms with Crippen LogP contribution in [0.4, 0.5) is 0 Å². The summed E-state index contributed by atoms with van der Waals surface area (Å²) in [7, 11) is 0. The Hall–Kier alpha value is -1.40. The van der Waals surface area contributed by atoms with Gasteiger partial charge in [-0.05, 0) is 70.9 Å². The van der Waals surface area contributed by atoms with Gasteiger partial charge >= 0.3 is 0 Å². The van der Waals surface area contributed by atoms with Crippen molar-refractivity contribution in [1.29, 1.82) is 0 Å². The van der Waals surface area contributed by atoms with Crippen LogP contribution in [-0.4, -0.2) is 61.4 Å². The van der Waals surface area contributed by atoms with Gasteiger partial charge in [-0.25, -0.2) is 0 Å². The number of nitrogens with zero attached hydrogens (tertiary/aromatic N) is 4. The highest BCUT2D eigenvalue weighted by molar-refractivity contribution is 5.87. The van der Waals surface area contributed by atoms with Gasteiger partial charge in [-0.15, -0.1) is 0 Å². The van der Waals surface area contributed by atoms with Gasteiger partial charge in [-0.1, -0.05) is 0 Å². The van der Waals surface area contributed by atoms with Crippen LogP contribution in [0, 0.1) is 0 Å². The third kappa shape index (κ3) is 3.18. The average Bonchev–Trinajstić information content (AvgIpc) is 3.27. The van der Waals surface area contributed by atoms with Gasteiger partial charge in [0.25, 0.3) is 0 Å². The van der Waals surface area contributed by atoms with Crippen LogP contribution in [0.15, 0.2) is 12.3 Å². The number of carbonyl (C=O) groups excluding carboxylic acids is 1. The van der Waals surface area contributed by atoms with E-state index in [1.807, 2.05) is 10.9 Å². The van der Waals surface area contributed by atoms with Crippen LogP contribution in [0.5, 0.6) is 0 Å². The monoisotopic (exact) mass is 360 g/mol. The predicted octanol–water partition coefficient (Wildman–Crippen LogP) is 2.16. The summed E-state index contributed by atoms with van der Waals surface area (Å²) < 4.78 is 1.96. The molecule has 4 rings (SSSR count). The van der Waals surface area contributed by atoms with Crippen LogP contribution >= 0.6 is 0 Å². The maximum absolute atomic E-state index is 13.6. The summed E-state index contributed by atoms with van der Waals surface area (Å²) in [5.74, 6) is 0.345. The first-order valence-corrected chi connectivity index (χ1v) is 10.4. The molecule has 2 aliphatic heterocycles. The zero-order chi connectivity index (χ0) is 18.1. The number of rotatable bonds is 4. The van der Waals surface area contributed by atoms with Crippen molar-refractivity contribution in [2.45, 2.75) is 89.1 Å². The van der Waals surface area contributed by atoms with Crippen LogP contribution in [0.3, 0.4) is 0 Å². The minimum atomic E-state index is -0.315. The highest BCUT2D eigenvalue weighted by Crippen LogP contribution is 2.40. The van der Waals surface area contributed by atoms with E-state index in [1.54, 1.807) is 0 Å². The fourth-order valence-electron chi connectivity index (χ4n) is 5.29. The zero-order valence-electron chi connectivity index (χ0n) is 15.9. The van der Waals surface area contributed by atoms with Gasteiger partial charge < -0.3 is 10.0 Å². The summed E-state index contributed by atoms with van der Waals surface area (Å²) in [6.45, 7) is 5.63. The summed E-state index contributed by atoms with van der Waals surface area (Å²) >= 11 is 0. The lowest BCUT2D eigenvalue weighted by Gasteiger charge is -2.48. The molecule has 2 saturated heterocycles. The average molecular weight is 361 g/mol. The standard InChI is InChI=1S/C20H32N4O2/c1-2-23-14-9-16(21-23)15-22-12-3-10-20(22)11-4-13-24(19(20)26)17-5-7-18(25)8-6-17/h9,14,17-18,25H,2-8,10-13,15H2,1H3. The third-order valence-corrected chi connectivity index (χ3v) is 6.75. The number of aliphatic hydroxyl groups excluding tert-OH is 1. The van der Waals surface area contributed by atoms with Gasteiger partial charge in [-0.2, -0.15) is 5.10 Å². The molecule has 3 heterocycles. The van der Waals surface area contributed by atoms with E-state index in [-0.39, 0.29) is 11.6 Å². The largest absolute Gasteiger partial charge is 0.393 e. The molecule has 1 saturated carbocycles. The van der Waals surface area contributed by atoms with E-state index in [9.17, 15) is 9.90 Å². The van der Waals surface area contributed by atoms with Crippen molar-refractivity contribution in [3.63, 3.8) is 0 Å². The maximum atomic E-state index is 13.6. The Morgan fingerprint density at radius 3 is 2.62 bits per heavy atom. The van der Waals surface area contributed by atoms with Crippen LogP contribution in [0.1, 0.15) is 64.0 Å². The number of hydrogen-bond acceptors (Lipinski definition) is 4. The summed E-state index contributed by atoms with van der Waals surface area (Å²) in [6, 6.07) is 2.41. The zero-order valence-corrected chi connectivity index (χ0v) is 15.9. The highest BCUT2D eigenvalue weighted by Gasteiger charge is 2.52. The fraction of sp³-hybridized carbons (Fsp3) is 0.800. The first-order chi connectivity index (χ1) is 12.6. The first-order valence-electron chi connectivity index (χ1n) is 10.4. The van der Waals surface area contributed by atoms with Crippen LogP contribution in [0.2, 0.25) is 0 Å². The molecule has 3 aliphatic rings. The lowest BCUT2D eigenvalue weighted by molar-refractivity contribution is -0.152. The number of amides is 1. The Morgan fingerprint density at radius 1 is 1.19 bits per heavy atom. The molecule has 0 bridgehead atoms.